The first kappa shape index (κ1) is 19.8. The molecule has 0 atom stereocenters. The van der Waals surface area contributed by atoms with Crippen LogP contribution in [0.3, 0.4) is 0 Å². The van der Waals surface area contributed by atoms with Gasteiger partial charge in [0.1, 0.15) is 5.75 Å². The molecule has 0 radical (unpaired) electrons. The molecule has 1 heterocycles. The number of rotatable bonds is 10. The largest absolute Gasteiger partial charge is 0.497 e. The highest BCUT2D eigenvalue weighted by Gasteiger charge is 2.14. The van der Waals surface area contributed by atoms with Gasteiger partial charge in [0.05, 0.1) is 7.11 Å². The van der Waals surface area contributed by atoms with E-state index in [4.69, 9.17) is 4.74 Å². The SMILES string of the molecule is COc1ccc(-c2nnc(SCCCSC)n2CCc2ccccc2)cc1. The molecule has 0 aliphatic heterocycles. The smallest absolute Gasteiger partial charge is 0.191 e. The fourth-order valence-electron chi connectivity index (χ4n) is 2.80. The average molecular weight is 400 g/mol. The van der Waals surface area contributed by atoms with E-state index in [0.29, 0.717) is 0 Å². The third kappa shape index (κ3) is 5.53. The van der Waals surface area contributed by atoms with E-state index >= 15 is 0 Å². The molecule has 0 fully saturated rings. The molecule has 0 aliphatic carbocycles. The molecule has 0 saturated carbocycles. The molecule has 4 nitrogen and oxygen atoms in total. The molecule has 3 aromatic rings. The summed E-state index contributed by atoms with van der Waals surface area (Å²) in [5.41, 5.74) is 2.39. The van der Waals surface area contributed by atoms with Crippen molar-refractivity contribution in [1.29, 1.82) is 0 Å². The summed E-state index contributed by atoms with van der Waals surface area (Å²) in [5.74, 6) is 4.00. The van der Waals surface area contributed by atoms with Gasteiger partial charge in [-0.05, 0) is 54.7 Å². The normalized spacial score (nSPS) is 10.9. The maximum Gasteiger partial charge on any atom is 0.191 e. The van der Waals surface area contributed by atoms with Crippen molar-refractivity contribution in [2.24, 2.45) is 0 Å². The van der Waals surface area contributed by atoms with Crippen LogP contribution >= 0.6 is 23.5 Å². The molecular formula is C21H25N3OS2. The molecule has 27 heavy (non-hydrogen) atoms. The summed E-state index contributed by atoms with van der Waals surface area (Å²) >= 11 is 3.68. The Kier molecular flexibility index (Phi) is 7.66. The number of methoxy groups -OCH3 is 1. The first-order valence-electron chi connectivity index (χ1n) is 9.05. The van der Waals surface area contributed by atoms with Gasteiger partial charge in [-0.1, -0.05) is 42.1 Å². The van der Waals surface area contributed by atoms with Gasteiger partial charge in [-0.25, -0.2) is 0 Å². The van der Waals surface area contributed by atoms with Crippen LogP contribution in [0.15, 0.2) is 59.8 Å². The number of thioether (sulfide) groups is 2. The Morgan fingerprint density at radius 2 is 1.74 bits per heavy atom. The summed E-state index contributed by atoms with van der Waals surface area (Å²) < 4.78 is 7.52. The number of aryl methyl sites for hydroxylation is 1. The van der Waals surface area contributed by atoms with Gasteiger partial charge in [-0.15, -0.1) is 10.2 Å². The molecule has 0 N–H and O–H groups in total. The highest BCUT2D eigenvalue weighted by atomic mass is 32.2. The van der Waals surface area contributed by atoms with Crippen molar-refractivity contribution in [2.75, 3.05) is 24.9 Å². The minimum Gasteiger partial charge on any atom is -0.497 e. The summed E-state index contributed by atoms with van der Waals surface area (Å²) in [5, 5.41) is 9.98. The standard InChI is InChI=1S/C21H25N3OS2/c1-25-19-11-9-18(10-12-19)20-22-23-21(27-16-6-15-26-2)24(20)14-13-17-7-4-3-5-8-17/h3-5,7-12H,6,13-16H2,1-2H3. The third-order valence-electron chi connectivity index (χ3n) is 4.26. The van der Waals surface area contributed by atoms with E-state index in [1.165, 1.54) is 17.7 Å². The minimum atomic E-state index is 0.848. The number of ether oxygens (including phenoxy) is 1. The quantitative estimate of drug-likeness (QED) is 0.353. The number of nitrogens with zero attached hydrogens (tertiary/aromatic N) is 3. The lowest BCUT2D eigenvalue weighted by molar-refractivity contribution is 0.415. The van der Waals surface area contributed by atoms with E-state index in [1.807, 2.05) is 36.0 Å². The lowest BCUT2D eigenvalue weighted by atomic mass is 10.1. The van der Waals surface area contributed by atoms with E-state index in [0.717, 1.165) is 41.0 Å². The first-order valence-corrected chi connectivity index (χ1v) is 11.4. The van der Waals surface area contributed by atoms with Gasteiger partial charge in [0.25, 0.3) is 0 Å². The summed E-state index contributed by atoms with van der Waals surface area (Å²) in [4.78, 5) is 0. The van der Waals surface area contributed by atoms with Crippen LogP contribution in [0.2, 0.25) is 0 Å². The molecule has 3 rings (SSSR count). The minimum absolute atomic E-state index is 0.848. The monoisotopic (exact) mass is 399 g/mol. The van der Waals surface area contributed by atoms with Crippen molar-refractivity contribution in [1.82, 2.24) is 14.8 Å². The van der Waals surface area contributed by atoms with Crippen LogP contribution in [0.25, 0.3) is 11.4 Å². The zero-order valence-electron chi connectivity index (χ0n) is 15.8. The summed E-state index contributed by atoms with van der Waals surface area (Å²) in [6, 6.07) is 18.6. The predicted molar refractivity (Wildman–Crippen MR) is 116 cm³/mol. The van der Waals surface area contributed by atoms with Crippen molar-refractivity contribution in [2.45, 2.75) is 24.5 Å². The average Bonchev–Trinajstić information content (AvgIpc) is 3.13. The van der Waals surface area contributed by atoms with E-state index < -0.39 is 0 Å². The topological polar surface area (TPSA) is 39.9 Å². The van der Waals surface area contributed by atoms with Gasteiger partial charge in [0.2, 0.25) is 0 Å². The van der Waals surface area contributed by atoms with Gasteiger partial charge < -0.3 is 9.30 Å². The van der Waals surface area contributed by atoms with Crippen LogP contribution in [0.4, 0.5) is 0 Å². The van der Waals surface area contributed by atoms with Crippen molar-refractivity contribution < 1.29 is 4.74 Å². The fraction of sp³-hybridized carbons (Fsp3) is 0.333. The Balaban J connectivity index is 1.81. The molecule has 0 saturated heterocycles. The fourth-order valence-corrected chi connectivity index (χ4v) is 4.32. The Hall–Kier alpha value is -1.92. The molecule has 0 unspecified atom stereocenters. The summed E-state index contributed by atoms with van der Waals surface area (Å²) in [7, 11) is 1.68. The predicted octanol–water partition coefficient (Wildman–Crippen LogP) is 5.04. The second-order valence-electron chi connectivity index (χ2n) is 6.12. The Morgan fingerprint density at radius 1 is 0.963 bits per heavy atom. The van der Waals surface area contributed by atoms with Gasteiger partial charge in [0.15, 0.2) is 11.0 Å². The zero-order valence-corrected chi connectivity index (χ0v) is 17.4. The van der Waals surface area contributed by atoms with Gasteiger partial charge in [-0.2, -0.15) is 11.8 Å². The second kappa shape index (κ2) is 10.4. The molecule has 6 heteroatoms. The van der Waals surface area contributed by atoms with E-state index in [9.17, 15) is 0 Å². The van der Waals surface area contributed by atoms with Crippen LogP contribution < -0.4 is 4.74 Å². The van der Waals surface area contributed by atoms with E-state index in [1.54, 1.807) is 18.9 Å². The van der Waals surface area contributed by atoms with Gasteiger partial charge in [0, 0.05) is 17.9 Å². The van der Waals surface area contributed by atoms with Crippen LogP contribution in [0.1, 0.15) is 12.0 Å². The molecule has 0 bridgehead atoms. The van der Waals surface area contributed by atoms with E-state index in [2.05, 4.69) is 51.4 Å². The number of hydrogen-bond acceptors (Lipinski definition) is 5. The number of hydrogen-bond donors (Lipinski definition) is 0. The van der Waals surface area contributed by atoms with Crippen LogP contribution in [0.5, 0.6) is 5.75 Å². The molecule has 1 aromatic heterocycles. The van der Waals surface area contributed by atoms with Crippen LogP contribution in [-0.4, -0.2) is 39.6 Å². The second-order valence-corrected chi connectivity index (χ2v) is 8.16. The molecule has 2 aromatic carbocycles. The first-order chi connectivity index (χ1) is 13.3. The van der Waals surface area contributed by atoms with Crippen LogP contribution in [-0.2, 0) is 13.0 Å². The highest BCUT2D eigenvalue weighted by molar-refractivity contribution is 7.99. The summed E-state index contributed by atoms with van der Waals surface area (Å²) in [6.45, 7) is 0.864. The van der Waals surface area contributed by atoms with Crippen molar-refractivity contribution in [3.8, 4) is 17.1 Å². The third-order valence-corrected chi connectivity index (χ3v) is 6.01. The molecule has 0 amide bonds. The lowest BCUT2D eigenvalue weighted by Crippen LogP contribution is -2.05. The molecule has 0 aliphatic rings. The van der Waals surface area contributed by atoms with Crippen molar-refractivity contribution in [3.05, 3.63) is 60.2 Å². The van der Waals surface area contributed by atoms with Gasteiger partial charge in [-0.3, -0.25) is 0 Å². The maximum atomic E-state index is 5.27. The maximum absolute atomic E-state index is 5.27. The van der Waals surface area contributed by atoms with Crippen molar-refractivity contribution in [3.63, 3.8) is 0 Å². The Bertz CT molecular complexity index is 819. The van der Waals surface area contributed by atoms with E-state index in [-0.39, 0.29) is 0 Å². The highest BCUT2D eigenvalue weighted by Crippen LogP contribution is 2.26. The van der Waals surface area contributed by atoms with Gasteiger partial charge >= 0.3 is 0 Å². The molecule has 142 valence electrons. The molecular weight excluding hydrogens is 374 g/mol. The lowest BCUT2D eigenvalue weighted by Gasteiger charge is -2.11. The molecule has 0 spiro atoms. The number of aromatic nitrogens is 3. The van der Waals surface area contributed by atoms with Crippen molar-refractivity contribution >= 4 is 23.5 Å². The van der Waals surface area contributed by atoms with Crippen LogP contribution in [0, 0.1) is 0 Å². The number of benzene rings is 2. The summed E-state index contributed by atoms with van der Waals surface area (Å²) in [6.07, 6.45) is 4.28. The Labute approximate surface area is 169 Å². The Morgan fingerprint density at radius 3 is 2.44 bits per heavy atom. The zero-order chi connectivity index (χ0) is 18.9.